The first-order valence-electron chi connectivity index (χ1n) is 7.77. The zero-order valence-electron chi connectivity index (χ0n) is 13.0. The van der Waals surface area contributed by atoms with Crippen LogP contribution in [-0.2, 0) is 9.59 Å². The molecule has 0 bridgehead atoms. The summed E-state index contributed by atoms with van der Waals surface area (Å²) in [6.45, 7) is 0.531. The van der Waals surface area contributed by atoms with E-state index in [4.69, 9.17) is 5.11 Å². The second-order valence-corrected chi connectivity index (χ2v) is 5.82. The molecule has 2 aromatic rings. The van der Waals surface area contributed by atoms with Crippen molar-refractivity contribution in [2.75, 3.05) is 11.9 Å². The monoisotopic (exact) mass is 326 g/mol. The van der Waals surface area contributed by atoms with Gasteiger partial charge in [-0.25, -0.2) is 0 Å². The molecule has 1 fully saturated rings. The molecule has 0 aliphatic carbocycles. The molecule has 1 amide bonds. The van der Waals surface area contributed by atoms with Gasteiger partial charge in [-0.2, -0.15) is 0 Å². The fourth-order valence-corrected chi connectivity index (χ4v) is 2.77. The lowest BCUT2D eigenvalue weighted by Gasteiger charge is -2.09. The number of carboxylic acid groups (broad SMARTS) is 1. The average molecular weight is 326 g/mol. The molecule has 24 heavy (non-hydrogen) atoms. The lowest BCUT2D eigenvalue weighted by atomic mass is 10.0. The number of aromatic nitrogens is 2. The summed E-state index contributed by atoms with van der Waals surface area (Å²) in [5.74, 6) is -0.655. The topological polar surface area (TPSA) is 104 Å². The molecule has 7 heteroatoms. The molecule has 1 aliphatic heterocycles. The zero-order valence-corrected chi connectivity index (χ0v) is 13.0. The van der Waals surface area contributed by atoms with Crippen molar-refractivity contribution in [3.8, 4) is 11.3 Å². The number of nitrogens with one attached hydrogen (secondary N) is 2. The average Bonchev–Trinajstić information content (AvgIpc) is 3.05. The smallest absolute Gasteiger partial charge is 0.320 e. The van der Waals surface area contributed by atoms with Crippen LogP contribution < -0.4 is 10.6 Å². The molecule has 3 N–H and O–H groups in total. The number of aliphatic carboxylic acids is 1. The zero-order chi connectivity index (χ0) is 16.9. The Bertz CT molecular complexity index is 718. The highest BCUT2D eigenvalue weighted by molar-refractivity contribution is 5.90. The van der Waals surface area contributed by atoms with Crippen LogP contribution in [0.3, 0.4) is 0 Å². The fraction of sp³-hybridized carbons (Fsp3) is 0.294. The predicted molar refractivity (Wildman–Crippen MR) is 88.2 cm³/mol. The predicted octanol–water partition coefficient (Wildman–Crippen LogP) is 1.53. The molecule has 1 aromatic heterocycles. The van der Waals surface area contributed by atoms with Crippen molar-refractivity contribution in [1.82, 2.24) is 15.5 Å². The van der Waals surface area contributed by atoms with E-state index < -0.39 is 12.0 Å². The molecular weight excluding hydrogens is 308 g/mol. The third-order valence-corrected chi connectivity index (χ3v) is 4.00. The van der Waals surface area contributed by atoms with Crippen LogP contribution in [0.15, 0.2) is 42.5 Å². The van der Waals surface area contributed by atoms with Crippen LogP contribution in [0.4, 0.5) is 5.82 Å². The summed E-state index contributed by atoms with van der Waals surface area (Å²) in [6, 6.07) is 12.6. The summed E-state index contributed by atoms with van der Waals surface area (Å²) in [6.07, 6.45) is 0.722. The number of carboxylic acids is 1. The van der Waals surface area contributed by atoms with Gasteiger partial charge in [0.05, 0.1) is 5.69 Å². The van der Waals surface area contributed by atoms with Gasteiger partial charge in [-0.05, 0) is 31.0 Å². The van der Waals surface area contributed by atoms with Crippen LogP contribution in [0.5, 0.6) is 0 Å². The van der Waals surface area contributed by atoms with E-state index in [1.54, 1.807) is 12.1 Å². The molecule has 3 rings (SSSR count). The standard InChI is InChI=1S/C17H18N4O3/c22-16(9-11-8-14(17(23)24)18-10-11)19-15-7-6-13(20-21-15)12-4-2-1-3-5-12/h1-7,11,14,18H,8-10H2,(H,23,24)(H,19,21,22). The molecular formula is C17H18N4O3. The lowest BCUT2D eigenvalue weighted by molar-refractivity contribution is -0.139. The molecule has 0 radical (unpaired) electrons. The Morgan fingerprint density at radius 3 is 2.58 bits per heavy atom. The maximum atomic E-state index is 12.0. The summed E-state index contributed by atoms with van der Waals surface area (Å²) < 4.78 is 0. The van der Waals surface area contributed by atoms with Gasteiger partial charge in [0.25, 0.3) is 0 Å². The molecule has 1 saturated heterocycles. The highest BCUT2D eigenvalue weighted by atomic mass is 16.4. The van der Waals surface area contributed by atoms with Gasteiger partial charge in [0.2, 0.25) is 5.91 Å². The minimum Gasteiger partial charge on any atom is -0.480 e. The summed E-state index contributed by atoms with van der Waals surface area (Å²) >= 11 is 0. The minimum absolute atomic E-state index is 0.0163. The maximum absolute atomic E-state index is 12.0. The van der Waals surface area contributed by atoms with Crippen LogP contribution in [0, 0.1) is 5.92 Å². The molecule has 0 saturated carbocycles. The molecule has 7 nitrogen and oxygen atoms in total. The molecule has 1 aromatic carbocycles. The maximum Gasteiger partial charge on any atom is 0.320 e. The van der Waals surface area contributed by atoms with Crippen LogP contribution in [0.25, 0.3) is 11.3 Å². The fourth-order valence-electron chi connectivity index (χ4n) is 2.77. The van der Waals surface area contributed by atoms with Gasteiger partial charge in [-0.1, -0.05) is 30.3 Å². The van der Waals surface area contributed by atoms with Crippen molar-refractivity contribution in [2.45, 2.75) is 18.9 Å². The summed E-state index contributed by atoms with van der Waals surface area (Å²) in [7, 11) is 0. The van der Waals surface area contributed by atoms with Crippen molar-refractivity contribution in [1.29, 1.82) is 0 Å². The summed E-state index contributed by atoms with van der Waals surface area (Å²) in [5, 5.41) is 22.7. The molecule has 2 atom stereocenters. The van der Waals surface area contributed by atoms with Gasteiger partial charge >= 0.3 is 5.97 Å². The molecule has 1 aliphatic rings. The number of anilines is 1. The van der Waals surface area contributed by atoms with E-state index in [9.17, 15) is 9.59 Å². The molecule has 2 heterocycles. The number of carbonyl (C=O) groups excluding carboxylic acids is 1. The SMILES string of the molecule is O=C(CC1CNC(C(=O)O)C1)Nc1ccc(-c2ccccc2)nn1. The Morgan fingerprint density at radius 1 is 1.17 bits per heavy atom. The van der Waals surface area contributed by atoms with Crippen molar-refractivity contribution < 1.29 is 14.7 Å². The second kappa shape index (κ2) is 7.18. The van der Waals surface area contributed by atoms with Gasteiger partial charge in [0, 0.05) is 12.0 Å². The van der Waals surface area contributed by atoms with E-state index in [2.05, 4.69) is 20.8 Å². The van der Waals surface area contributed by atoms with E-state index in [-0.39, 0.29) is 18.2 Å². The Labute approximate surface area is 139 Å². The Hall–Kier alpha value is -2.80. The number of rotatable bonds is 5. The number of nitrogens with zero attached hydrogens (tertiary/aromatic N) is 2. The van der Waals surface area contributed by atoms with Crippen molar-refractivity contribution in [3.63, 3.8) is 0 Å². The summed E-state index contributed by atoms with van der Waals surface area (Å²) in [4.78, 5) is 22.9. The Balaban J connectivity index is 1.54. The Morgan fingerprint density at radius 2 is 1.96 bits per heavy atom. The first-order valence-corrected chi connectivity index (χ1v) is 7.77. The second-order valence-electron chi connectivity index (χ2n) is 5.82. The highest BCUT2D eigenvalue weighted by Gasteiger charge is 2.30. The largest absolute Gasteiger partial charge is 0.480 e. The molecule has 2 unspecified atom stereocenters. The van der Waals surface area contributed by atoms with E-state index in [0.29, 0.717) is 18.8 Å². The van der Waals surface area contributed by atoms with E-state index >= 15 is 0 Å². The quantitative estimate of drug-likeness (QED) is 0.770. The van der Waals surface area contributed by atoms with E-state index in [1.165, 1.54) is 0 Å². The van der Waals surface area contributed by atoms with E-state index in [0.717, 1.165) is 11.3 Å². The van der Waals surface area contributed by atoms with Gasteiger partial charge in [-0.15, -0.1) is 10.2 Å². The number of hydrogen-bond acceptors (Lipinski definition) is 5. The highest BCUT2D eigenvalue weighted by Crippen LogP contribution is 2.19. The third kappa shape index (κ3) is 3.94. The third-order valence-electron chi connectivity index (χ3n) is 4.00. The number of hydrogen-bond donors (Lipinski definition) is 3. The number of carbonyl (C=O) groups is 2. The van der Waals surface area contributed by atoms with Crippen LogP contribution >= 0.6 is 0 Å². The lowest BCUT2D eigenvalue weighted by Crippen LogP contribution is -2.29. The first kappa shape index (κ1) is 16.1. The van der Waals surface area contributed by atoms with Gasteiger partial charge in [-0.3, -0.25) is 9.59 Å². The van der Waals surface area contributed by atoms with Crippen LogP contribution in [0.1, 0.15) is 12.8 Å². The van der Waals surface area contributed by atoms with Crippen molar-refractivity contribution >= 4 is 17.7 Å². The van der Waals surface area contributed by atoms with Gasteiger partial charge in [0.15, 0.2) is 5.82 Å². The normalized spacial score (nSPS) is 19.8. The first-order chi connectivity index (χ1) is 11.6. The van der Waals surface area contributed by atoms with Gasteiger partial charge in [0.1, 0.15) is 6.04 Å². The minimum atomic E-state index is -0.875. The number of benzene rings is 1. The summed E-state index contributed by atoms with van der Waals surface area (Å²) in [5.41, 5.74) is 1.69. The number of amides is 1. The van der Waals surface area contributed by atoms with Crippen molar-refractivity contribution in [3.05, 3.63) is 42.5 Å². The van der Waals surface area contributed by atoms with Crippen molar-refractivity contribution in [2.24, 2.45) is 5.92 Å². The Kier molecular flexibility index (Phi) is 4.81. The van der Waals surface area contributed by atoms with Crippen LogP contribution in [0.2, 0.25) is 0 Å². The van der Waals surface area contributed by atoms with Gasteiger partial charge < -0.3 is 15.7 Å². The molecule has 0 spiro atoms. The molecule has 124 valence electrons. The van der Waals surface area contributed by atoms with Crippen LogP contribution in [-0.4, -0.2) is 39.8 Å². The van der Waals surface area contributed by atoms with E-state index in [1.807, 2.05) is 30.3 Å².